The molecule has 0 aliphatic heterocycles. The standard InChI is InChI=1S/C15H24N2O2/c1-4-17-9-12(16)8-14(17)15(18)19-13-6-10(2)5-11(3)7-13/h8-11,13H,4-7,16H2,1-3H3. The van der Waals surface area contributed by atoms with E-state index in [1.165, 1.54) is 6.42 Å². The topological polar surface area (TPSA) is 57.2 Å². The first-order valence-electron chi connectivity index (χ1n) is 7.16. The smallest absolute Gasteiger partial charge is 0.355 e. The van der Waals surface area contributed by atoms with Crippen LogP contribution in [0.15, 0.2) is 12.3 Å². The van der Waals surface area contributed by atoms with Gasteiger partial charge in [0.2, 0.25) is 0 Å². The third kappa shape index (κ3) is 3.31. The molecular formula is C15H24N2O2. The van der Waals surface area contributed by atoms with Gasteiger partial charge in [-0.3, -0.25) is 0 Å². The van der Waals surface area contributed by atoms with E-state index >= 15 is 0 Å². The summed E-state index contributed by atoms with van der Waals surface area (Å²) in [5.74, 6) is 1.01. The molecule has 4 heteroatoms. The largest absolute Gasteiger partial charge is 0.458 e. The highest BCUT2D eigenvalue weighted by Crippen LogP contribution is 2.30. The fraction of sp³-hybridized carbons (Fsp3) is 0.667. The quantitative estimate of drug-likeness (QED) is 0.854. The van der Waals surface area contributed by atoms with Crippen LogP contribution in [0.5, 0.6) is 0 Å². The zero-order valence-corrected chi connectivity index (χ0v) is 12.1. The average Bonchev–Trinajstić information content (AvgIpc) is 2.69. The number of carbonyl (C=O) groups excluding carboxylic acids is 1. The summed E-state index contributed by atoms with van der Waals surface area (Å²) >= 11 is 0. The van der Waals surface area contributed by atoms with E-state index in [1.54, 1.807) is 12.3 Å². The Labute approximate surface area is 114 Å². The lowest BCUT2D eigenvalue weighted by Crippen LogP contribution is -2.29. The van der Waals surface area contributed by atoms with Crippen molar-refractivity contribution in [2.45, 2.75) is 52.7 Å². The van der Waals surface area contributed by atoms with Gasteiger partial charge in [-0.1, -0.05) is 13.8 Å². The van der Waals surface area contributed by atoms with Gasteiger partial charge in [-0.15, -0.1) is 0 Å². The van der Waals surface area contributed by atoms with Crippen LogP contribution in [0.3, 0.4) is 0 Å². The molecule has 4 nitrogen and oxygen atoms in total. The normalized spacial score (nSPS) is 27.2. The van der Waals surface area contributed by atoms with Crippen LogP contribution in [0.25, 0.3) is 0 Å². The number of anilines is 1. The average molecular weight is 264 g/mol. The number of esters is 1. The summed E-state index contributed by atoms with van der Waals surface area (Å²) in [6.07, 6.45) is 5.00. The fourth-order valence-corrected chi connectivity index (χ4v) is 3.15. The predicted molar refractivity (Wildman–Crippen MR) is 75.9 cm³/mol. The molecule has 1 fully saturated rings. The second kappa shape index (κ2) is 5.68. The first-order chi connectivity index (χ1) is 8.99. The lowest BCUT2D eigenvalue weighted by molar-refractivity contribution is 0.00700. The summed E-state index contributed by atoms with van der Waals surface area (Å²) in [5, 5.41) is 0. The number of carbonyl (C=O) groups is 1. The lowest BCUT2D eigenvalue weighted by Gasteiger charge is -2.31. The Morgan fingerprint density at radius 2 is 2.00 bits per heavy atom. The summed E-state index contributed by atoms with van der Waals surface area (Å²) in [5.41, 5.74) is 6.91. The molecule has 0 amide bonds. The zero-order valence-electron chi connectivity index (χ0n) is 12.1. The van der Waals surface area contributed by atoms with Crippen molar-refractivity contribution in [2.24, 2.45) is 11.8 Å². The number of nitrogens with two attached hydrogens (primary N) is 1. The summed E-state index contributed by atoms with van der Waals surface area (Å²) < 4.78 is 7.50. The van der Waals surface area contributed by atoms with Gasteiger partial charge in [0, 0.05) is 12.7 Å². The number of nitrogen functional groups attached to an aromatic ring is 1. The second-order valence-corrected chi connectivity index (χ2v) is 5.89. The molecule has 2 rings (SSSR count). The van der Waals surface area contributed by atoms with Crippen molar-refractivity contribution in [3.05, 3.63) is 18.0 Å². The number of nitrogens with zero attached hydrogens (tertiary/aromatic N) is 1. The van der Waals surface area contributed by atoms with E-state index in [-0.39, 0.29) is 12.1 Å². The van der Waals surface area contributed by atoms with Crippen LogP contribution >= 0.6 is 0 Å². The third-order valence-corrected chi connectivity index (χ3v) is 3.88. The molecule has 1 saturated carbocycles. The Morgan fingerprint density at radius 3 is 2.58 bits per heavy atom. The first kappa shape index (κ1) is 14.0. The summed E-state index contributed by atoms with van der Waals surface area (Å²) in [7, 11) is 0. The third-order valence-electron chi connectivity index (χ3n) is 3.88. The van der Waals surface area contributed by atoms with Crippen LogP contribution in [0.1, 0.15) is 50.5 Å². The molecule has 0 saturated heterocycles. The van der Waals surface area contributed by atoms with Gasteiger partial charge in [-0.05, 0) is 44.1 Å². The van der Waals surface area contributed by atoms with Crippen molar-refractivity contribution in [3.8, 4) is 0 Å². The Balaban J connectivity index is 2.04. The Hall–Kier alpha value is -1.45. The van der Waals surface area contributed by atoms with E-state index in [0.717, 1.165) is 19.4 Å². The minimum atomic E-state index is -0.246. The first-order valence-corrected chi connectivity index (χ1v) is 7.16. The number of aromatic nitrogens is 1. The Bertz CT molecular complexity index is 443. The second-order valence-electron chi connectivity index (χ2n) is 5.89. The van der Waals surface area contributed by atoms with Gasteiger partial charge >= 0.3 is 5.97 Å². The molecule has 0 spiro atoms. The summed E-state index contributed by atoms with van der Waals surface area (Å²) in [4.78, 5) is 12.2. The van der Waals surface area contributed by atoms with E-state index in [1.807, 2.05) is 11.5 Å². The number of hydrogen-bond donors (Lipinski definition) is 1. The molecule has 2 unspecified atom stereocenters. The van der Waals surface area contributed by atoms with Gasteiger partial charge in [0.05, 0.1) is 5.69 Å². The highest BCUT2D eigenvalue weighted by molar-refractivity contribution is 5.89. The summed E-state index contributed by atoms with van der Waals surface area (Å²) in [6.45, 7) is 7.16. The molecule has 1 aliphatic rings. The van der Waals surface area contributed by atoms with Crippen molar-refractivity contribution in [1.82, 2.24) is 4.57 Å². The molecule has 1 heterocycles. The van der Waals surface area contributed by atoms with Crippen LogP contribution in [0, 0.1) is 11.8 Å². The minimum absolute atomic E-state index is 0.0488. The van der Waals surface area contributed by atoms with Crippen LogP contribution in [0.4, 0.5) is 5.69 Å². The molecule has 0 aromatic carbocycles. The molecule has 2 atom stereocenters. The molecule has 1 aliphatic carbocycles. The number of hydrogen-bond acceptors (Lipinski definition) is 3. The fourth-order valence-electron chi connectivity index (χ4n) is 3.15. The molecule has 19 heavy (non-hydrogen) atoms. The number of ether oxygens (including phenoxy) is 1. The van der Waals surface area contributed by atoms with E-state index in [0.29, 0.717) is 23.2 Å². The van der Waals surface area contributed by atoms with Crippen molar-refractivity contribution >= 4 is 11.7 Å². The van der Waals surface area contributed by atoms with Crippen molar-refractivity contribution in [3.63, 3.8) is 0 Å². The van der Waals surface area contributed by atoms with Crippen LogP contribution in [-0.2, 0) is 11.3 Å². The Kier molecular flexibility index (Phi) is 4.17. The Morgan fingerprint density at radius 1 is 1.37 bits per heavy atom. The number of rotatable bonds is 3. The van der Waals surface area contributed by atoms with Crippen LogP contribution in [-0.4, -0.2) is 16.6 Å². The zero-order chi connectivity index (χ0) is 14.0. The molecular weight excluding hydrogens is 240 g/mol. The maximum Gasteiger partial charge on any atom is 0.355 e. The van der Waals surface area contributed by atoms with Crippen LogP contribution in [0.2, 0.25) is 0 Å². The molecule has 1 aromatic heterocycles. The van der Waals surface area contributed by atoms with Crippen LogP contribution < -0.4 is 5.73 Å². The van der Waals surface area contributed by atoms with Gasteiger partial charge in [0.1, 0.15) is 11.8 Å². The maximum atomic E-state index is 12.2. The van der Waals surface area contributed by atoms with Gasteiger partial charge < -0.3 is 15.0 Å². The highest BCUT2D eigenvalue weighted by Gasteiger charge is 2.27. The molecule has 0 bridgehead atoms. The number of aryl methyl sites for hydroxylation is 1. The van der Waals surface area contributed by atoms with Gasteiger partial charge in [-0.25, -0.2) is 4.79 Å². The van der Waals surface area contributed by atoms with Gasteiger partial charge in [0.15, 0.2) is 0 Å². The van der Waals surface area contributed by atoms with E-state index in [2.05, 4.69) is 13.8 Å². The van der Waals surface area contributed by atoms with Crippen molar-refractivity contribution < 1.29 is 9.53 Å². The molecule has 106 valence electrons. The maximum absolute atomic E-state index is 12.2. The molecule has 0 radical (unpaired) electrons. The summed E-state index contributed by atoms with van der Waals surface area (Å²) in [6, 6.07) is 1.70. The monoisotopic (exact) mass is 264 g/mol. The SMILES string of the molecule is CCn1cc(N)cc1C(=O)OC1CC(C)CC(C)C1. The van der Waals surface area contributed by atoms with Gasteiger partial charge in [-0.2, -0.15) is 0 Å². The van der Waals surface area contributed by atoms with E-state index in [4.69, 9.17) is 10.5 Å². The minimum Gasteiger partial charge on any atom is -0.458 e. The predicted octanol–water partition coefficient (Wildman–Crippen LogP) is 3.07. The van der Waals surface area contributed by atoms with Crippen molar-refractivity contribution in [2.75, 3.05) is 5.73 Å². The van der Waals surface area contributed by atoms with Crippen molar-refractivity contribution in [1.29, 1.82) is 0 Å². The van der Waals surface area contributed by atoms with Gasteiger partial charge in [0.25, 0.3) is 0 Å². The molecule has 2 N–H and O–H groups in total. The molecule has 1 aromatic rings. The lowest BCUT2D eigenvalue weighted by atomic mass is 9.82. The highest BCUT2D eigenvalue weighted by atomic mass is 16.5. The van der Waals surface area contributed by atoms with E-state index in [9.17, 15) is 4.79 Å². The van der Waals surface area contributed by atoms with E-state index < -0.39 is 0 Å².